The predicted octanol–water partition coefficient (Wildman–Crippen LogP) is 5.65. The summed E-state index contributed by atoms with van der Waals surface area (Å²) in [5, 5.41) is 8.69. The van der Waals surface area contributed by atoms with Gasteiger partial charge in [-0.3, -0.25) is 4.79 Å². The number of carboxylic acid groups (broad SMARTS) is 1. The zero-order valence-electron chi connectivity index (χ0n) is 13.3. The van der Waals surface area contributed by atoms with E-state index in [1.165, 1.54) is 51.4 Å². The van der Waals surface area contributed by atoms with Crippen molar-refractivity contribution in [2.24, 2.45) is 11.8 Å². The number of hydrogen-bond donors (Lipinski definition) is 1. The topological polar surface area (TPSA) is 37.3 Å². The van der Waals surface area contributed by atoms with E-state index in [1.807, 2.05) is 0 Å². The monoisotopic (exact) mass is 270 g/mol. The van der Waals surface area contributed by atoms with E-state index < -0.39 is 5.97 Å². The molecule has 0 aromatic rings. The van der Waals surface area contributed by atoms with Crippen LogP contribution in [0.1, 0.15) is 91.4 Å². The maximum absolute atomic E-state index is 10.5. The molecule has 2 unspecified atom stereocenters. The lowest BCUT2D eigenvalue weighted by Crippen LogP contribution is -2.15. The summed E-state index contributed by atoms with van der Waals surface area (Å²) < 4.78 is 0. The maximum atomic E-state index is 10.5. The van der Waals surface area contributed by atoms with Gasteiger partial charge < -0.3 is 5.11 Å². The summed E-state index contributed by atoms with van der Waals surface area (Å²) in [5.74, 6) is 1.04. The third kappa shape index (κ3) is 9.98. The standard InChI is InChI=1S/C17H34O2/c1-4-7-12-15(10-5-2)16(11-6-3)13-8-9-14-17(18)19/h15-16H,4-14H2,1-3H3,(H,18,19). The summed E-state index contributed by atoms with van der Waals surface area (Å²) in [6.07, 6.45) is 12.7. The SMILES string of the molecule is CCCCC(CCC)C(CCC)CCCCC(=O)O. The van der Waals surface area contributed by atoms with Crippen LogP contribution in [0.4, 0.5) is 0 Å². The summed E-state index contributed by atoms with van der Waals surface area (Å²) in [5.41, 5.74) is 0. The summed E-state index contributed by atoms with van der Waals surface area (Å²) in [6, 6.07) is 0. The zero-order valence-corrected chi connectivity index (χ0v) is 13.3. The van der Waals surface area contributed by atoms with E-state index in [9.17, 15) is 4.79 Å². The van der Waals surface area contributed by atoms with Crippen LogP contribution in [0.5, 0.6) is 0 Å². The normalized spacial score (nSPS) is 14.3. The van der Waals surface area contributed by atoms with Crippen molar-refractivity contribution in [2.75, 3.05) is 0 Å². The molecule has 2 nitrogen and oxygen atoms in total. The molecule has 114 valence electrons. The Labute approximate surface area is 120 Å². The highest BCUT2D eigenvalue weighted by atomic mass is 16.4. The number of aliphatic carboxylic acids is 1. The molecule has 0 aromatic heterocycles. The molecule has 19 heavy (non-hydrogen) atoms. The Bertz CT molecular complexity index is 213. The quantitative estimate of drug-likeness (QED) is 0.439. The molecule has 0 aromatic carbocycles. The molecule has 0 aliphatic heterocycles. The van der Waals surface area contributed by atoms with Crippen LogP contribution in [-0.4, -0.2) is 11.1 Å². The molecule has 0 saturated heterocycles. The number of carboxylic acids is 1. The Hall–Kier alpha value is -0.530. The minimum absolute atomic E-state index is 0.340. The highest BCUT2D eigenvalue weighted by Crippen LogP contribution is 2.31. The smallest absolute Gasteiger partial charge is 0.303 e. The van der Waals surface area contributed by atoms with Crippen LogP contribution in [0.3, 0.4) is 0 Å². The van der Waals surface area contributed by atoms with E-state index in [0.717, 1.165) is 24.7 Å². The molecule has 0 rings (SSSR count). The first-order chi connectivity index (χ1) is 9.15. The van der Waals surface area contributed by atoms with Crippen molar-refractivity contribution in [3.05, 3.63) is 0 Å². The number of rotatable bonds is 13. The average Bonchev–Trinajstić information content (AvgIpc) is 2.38. The molecule has 2 heteroatoms. The molecular formula is C17H34O2. The van der Waals surface area contributed by atoms with E-state index in [-0.39, 0.29) is 0 Å². The van der Waals surface area contributed by atoms with Crippen LogP contribution >= 0.6 is 0 Å². The lowest BCUT2D eigenvalue weighted by atomic mass is 9.79. The lowest BCUT2D eigenvalue weighted by Gasteiger charge is -2.27. The molecule has 0 heterocycles. The number of carbonyl (C=O) groups is 1. The first-order valence-corrected chi connectivity index (χ1v) is 8.37. The Balaban J connectivity index is 4.17. The van der Waals surface area contributed by atoms with Gasteiger partial charge in [-0.1, -0.05) is 78.6 Å². The third-order valence-electron chi connectivity index (χ3n) is 4.13. The van der Waals surface area contributed by atoms with Gasteiger partial charge in [-0.05, 0) is 18.3 Å². The zero-order chi connectivity index (χ0) is 14.5. The van der Waals surface area contributed by atoms with Gasteiger partial charge in [-0.15, -0.1) is 0 Å². The second-order valence-corrected chi connectivity index (χ2v) is 5.88. The van der Waals surface area contributed by atoms with Gasteiger partial charge >= 0.3 is 5.97 Å². The predicted molar refractivity (Wildman–Crippen MR) is 82.4 cm³/mol. The lowest BCUT2D eigenvalue weighted by molar-refractivity contribution is -0.137. The highest BCUT2D eigenvalue weighted by molar-refractivity contribution is 5.66. The number of hydrogen-bond acceptors (Lipinski definition) is 1. The van der Waals surface area contributed by atoms with Gasteiger partial charge in [0, 0.05) is 6.42 Å². The van der Waals surface area contributed by atoms with E-state index in [4.69, 9.17) is 5.11 Å². The van der Waals surface area contributed by atoms with E-state index in [0.29, 0.717) is 6.42 Å². The minimum Gasteiger partial charge on any atom is -0.481 e. The summed E-state index contributed by atoms with van der Waals surface area (Å²) in [4.78, 5) is 10.5. The summed E-state index contributed by atoms with van der Waals surface area (Å²) in [7, 11) is 0. The second-order valence-electron chi connectivity index (χ2n) is 5.88. The Morgan fingerprint density at radius 2 is 1.32 bits per heavy atom. The van der Waals surface area contributed by atoms with E-state index >= 15 is 0 Å². The average molecular weight is 270 g/mol. The molecule has 0 amide bonds. The van der Waals surface area contributed by atoms with Crippen LogP contribution in [0.15, 0.2) is 0 Å². The molecule has 0 bridgehead atoms. The molecule has 2 atom stereocenters. The van der Waals surface area contributed by atoms with Gasteiger partial charge in [0.25, 0.3) is 0 Å². The van der Waals surface area contributed by atoms with Crippen molar-refractivity contribution < 1.29 is 9.90 Å². The van der Waals surface area contributed by atoms with E-state index in [2.05, 4.69) is 20.8 Å². The van der Waals surface area contributed by atoms with Crippen molar-refractivity contribution >= 4 is 5.97 Å². The van der Waals surface area contributed by atoms with Gasteiger partial charge in [0.05, 0.1) is 0 Å². The van der Waals surface area contributed by atoms with Crippen molar-refractivity contribution in [1.29, 1.82) is 0 Å². The molecule has 0 aliphatic carbocycles. The van der Waals surface area contributed by atoms with Gasteiger partial charge in [-0.25, -0.2) is 0 Å². The molecule has 0 radical (unpaired) electrons. The first-order valence-electron chi connectivity index (χ1n) is 8.37. The first kappa shape index (κ1) is 18.5. The fourth-order valence-corrected chi connectivity index (χ4v) is 3.12. The van der Waals surface area contributed by atoms with Gasteiger partial charge in [0.1, 0.15) is 0 Å². The molecular weight excluding hydrogens is 236 g/mol. The largest absolute Gasteiger partial charge is 0.481 e. The fraction of sp³-hybridized carbons (Fsp3) is 0.941. The van der Waals surface area contributed by atoms with Crippen LogP contribution in [0, 0.1) is 11.8 Å². The maximum Gasteiger partial charge on any atom is 0.303 e. The second kappa shape index (κ2) is 12.5. The van der Waals surface area contributed by atoms with Gasteiger partial charge in [0.15, 0.2) is 0 Å². The Morgan fingerprint density at radius 1 is 0.789 bits per heavy atom. The van der Waals surface area contributed by atoms with Crippen LogP contribution in [-0.2, 0) is 4.79 Å². The van der Waals surface area contributed by atoms with Crippen LogP contribution in [0.25, 0.3) is 0 Å². The summed E-state index contributed by atoms with van der Waals surface area (Å²) >= 11 is 0. The molecule has 0 saturated carbocycles. The molecule has 0 spiro atoms. The minimum atomic E-state index is -0.650. The van der Waals surface area contributed by atoms with Crippen LogP contribution in [0.2, 0.25) is 0 Å². The van der Waals surface area contributed by atoms with Crippen molar-refractivity contribution in [1.82, 2.24) is 0 Å². The summed E-state index contributed by atoms with van der Waals surface area (Å²) in [6.45, 7) is 6.82. The van der Waals surface area contributed by atoms with E-state index in [1.54, 1.807) is 0 Å². The van der Waals surface area contributed by atoms with Gasteiger partial charge in [0.2, 0.25) is 0 Å². The Kier molecular flexibility index (Phi) is 12.2. The molecule has 1 N–H and O–H groups in total. The molecule has 0 aliphatic rings. The third-order valence-corrected chi connectivity index (χ3v) is 4.13. The fourth-order valence-electron chi connectivity index (χ4n) is 3.12. The van der Waals surface area contributed by atoms with Crippen LogP contribution < -0.4 is 0 Å². The van der Waals surface area contributed by atoms with Gasteiger partial charge in [-0.2, -0.15) is 0 Å². The Morgan fingerprint density at radius 3 is 1.74 bits per heavy atom. The van der Waals surface area contributed by atoms with Crippen molar-refractivity contribution in [3.8, 4) is 0 Å². The molecule has 0 fully saturated rings. The number of unbranched alkanes of at least 4 members (excludes halogenated alkanes) is 2. The van der Waals surface area contributed by atoms with Crippen molar-refractivity contribution in [3.63, 3.8) is 0 Å². The highest BCUT2D eigenvalue weighted by Gasteiger charge is 2.19. The van der Waals surface area contributed by atoms with Crippen molar-refractivity contribution in [2.45, 2.75) is 91.4 Å².